The number of allylic oxidation sites excluding steroid dienone is 2. The lowest BCUT2D eigenvalue weighted by Crippen LogP contribution is -2.09. The lowest BCUT2D eigenvalue weighted by Gasteiger charge is -2.10. The van der Waals surface area contributed by atoms with Gasteiger partial charge in [-0.1, -0.05) is 6.42 Å². The fourth-order valence-corrected chi connectivity index (χ4v) is 5.52. The van der Waals surface area contributed by atoms with Crippen LogP contribution in [0.5, 0.6) is 0 Å². The molecule has 0 aromatic carbocycles. The molecule has 0 bridgehead atoms. The van der Waals surface area contributed by atoms with Gasteiger partial charge in [-0.2, -0.15) is 0 Å². The van der Waals surface area contributed by atoms with Crippen molar-refractivity contribution >= 4 is 27.0 Å². The predicted octanol–water partition coefficient (Wildman–Crippen LogP) is 2.69. The molecule has 2 rings (SSSR count). The monoisotopic (exact) mass is 302 g/mol. The van der Waals surface area contributed by atoms with E-state index in [-0.39, 0.29) is 5.97 Å². The summed E-state index contributed by atoms with van der Waals surface area (Å²) in [5.41, 5.74) is 0. The first kappa shape index (κ1) is 14.8. The van der Waals surface area contributed by atoms with E-state index in [0.717, 1.165) is 31.4 Å². The number of esters is 1. The molecule has 2 aliphatic heterocycles. The van der Waals surface area contributed by atoms with Gasteiger partial charge in [-0.15, -0.1) is 0 Å². The van der Waals surface area contributed by atoms with Gasteiger partial charge >= 0.3 is 5.97 Å². The molecule has 0 radical (unpaired) electrons. The topological polar surface area (TPSA) is 58.6 Å². The van der Waals surface area contributed by atoms with Crippen LogP contribution >= 0.6 is 10.8 Å². The number of carbonyl (C=O) groups is 1. The number of ether oxygens (including phenoxy) is 2. The minimum Gasteiger partial charge on any atom is -0.605 e. The zero-order chi connectivity index (χ0) is 13.5. The molecular weight excluding hydrogens is 284 g/mol. The number of carbonyl (C=O) groups excluding carboxylic acids is 1. The van der Waals surface area contributed by atoms with E-state index in [2.05, 4.69) is 0 Å². The van der Waals surface area contributed by atoms with E-state index in [4.69, 9.17) is 9.47 Å². The smallest absolute Gasteiger partial charge is 0.310 e. The molecule has 0 aromatic heterocycles. The van der Waals surface area contributed by atoms with Gasteiger partial charge in [0.15, 0.2) is 0 Å². The standard InChI is InChI=1S/C13H18O4S2/c14-13(17-11-4-3-8-16-10-11)6-2-1-5-12-7-9-19(15)18-12/h3-4,8,12H,1-2,5-7,9-10H2/t12-,19?/m1/s1. The summed E-state index contributed by atoms with van der Waals surface area (Å²) >= 11 is 0. The van der Waals surface area contributed by atoms with Crippen LogP contribution in [-0.2, 0) is 24.5 Å². The molecule has 1 saturated heterocycles. The van der Waals surface area contributed by atoms with Crippen LogP contribution in [0.25, 0.3) is 0 Å². The minimum absolute atomic E-state index is 0.201. The fourth-order valence-electron chi connectivity index (χ4n) is 1.95. The maximum absolute atomic E-state index is 11.6. The molecule has 2 aliphatic rings. The number of hydrogen-bond acceptors (Lipinski definition) is 5. The average molecular weight is 302 g/mol. The van der Waals surface area contributed by atoms with Gasteiger partial charge in [0.1, 0.15) is 18.1 Å². The van der Waals surface area contributed by atoms with Gasteiger partial charge in [-0.25, -0.2) is 0 Å². The van der Waals surface area contributed by atoms with Crippen molar-refractivity contribution in [3.63, 3.8) is 0 Å². The molecule has 0 aliphatic carbocycles. The predicted molar refractivity (Wildman–Crippen MR) is 76.7 cm³/mol. The van der Waals surface area contributed by atoms with E-state index in [1.54, 1.807) is 29.2 Å². The van der Waals surface area contributed by atoms with Crippen LogP contribution in [0.15, 0.2) is 24.2 Å². The molecule has 0 aromatic rings. The molecule has 6 heteroatoms. The lowest BCUT2D eigenvalue weighted by molar-refractivity contribution is -0.140. The van der Waals surface area contributed by atoms with E-state index >= 15 is 0 Å². The van der Waals surface area contributed by atoms with Crippen LogP contribution in [0.1, 0.15) is 32.1 Å². The Morgan fingerprint density at radius 3 is 3.16 bits per heavy atom. The third kappa shape index (κ3) is 5.50. The fraction of sp³-hybridized carbons (Fsp3) is 0.615. The van der Waals surface area contributed by atoms with Crippen molar-refractivity contribution in [2.75, 3.05) is 12.4 Å². The number of hydrogen-bond donors (Lipinski definition) is 0. The second kappa shape index (κ2) is 7.87. The lowest BCUT2D eigenvalue weighted by atomic mass is 10.1. The molecule has 0 N–H and O–H groups in total. The molecule has 1 fully saturated rings. The second-order valence-electron chi connectivity index (χ2n) is 4.51. The van der Waals surface area contributed by atoms with E-state index in [1.165, 1.54) is 0 Å². The zero-order valence-electron chi connectivity index (χ0n) is 10.7. The molecule has 2 heterocycles. The maximum atomic E-state index is 11.6. The maximum Gasteiger partial charge on any atom is 0.310 e. The Morgan fingerprint density at radius 1 is 1.58 bits per heavy atom. The molecule has 0 amide bonds. The highest BCUT2D eigenvalue weighted by Gasteiger charge is 2.27. The van der Waals surface area contributed by atoms with Crippen molar-refractivity contribution in [2.45, 2.75) is 37.4 Å². The molecule has 0 spiro atoms. The van der Waals surface area contributed by atoms with E-state index in [0.29, 0.717) is 24.0 Å². The summed E-state index contributed by atoms with van der Waals surface area (Å²) in [7, 11) is 0.901. The summed E-state index contributed by atoms with van der Waals surface area (Å²) in [5.74, 6) is 1.18. The molecule has 4 nitrogen and oxygen atoms in total. The average Bonchev–Trinajstić information content (AvgIpc) is 2.82. The Morgan fingerprint density at radius 2 is 2.47 bits per heavy atom. The number of unbranched alkanes of at least 4 members (excludes halogenated alkanes) is 1. The van der Waals surface area contributed by atoms with Crippen LogP contribution in [0.3, 0.4) is 0 Å². The van der Waals surface area contributed by atoms with Crippen LogP contribution in [0, 0.1) is 0 Å². The van der Waals surface area contributed by atoms with E-state index in [1.807, 2.05) is 0 Å². The van der Waals surface area contributed by atoms with Crippen molar-refractivity contribution in [3.05, 3.63) is 24.2 Å². The first-order valence-corrected chi connectivity index (χ1v) is 9.19. The SMILES string of the molecule is O=C(CCCC[C@@H]1CC[S+]([O-])S1)OC1=CC=COC1. The first-order valence-electron chi connectivity index (χ1n) is 6.47. The van der Waals surface area contributed by atoms with Gasteiger partial charge < -0.3 is 14.0 Å². The Labute approximate surface area is 120 Å². The Balaban J connectivity index is 1.54. The summed E-state index contributed by atoms with van der Waals surface area (Å²) in [5, 5.41) is 0.511. The van der Waals surface area contributed by atoms with Gasteiger partial charge in [0.2, 0.25) is 0 Å². The summed E-state index contributed by atoms with van der Waals surface area (Å²) < 4.78 is 21.4. The van der Waals surface area contributed by atoms with Crippen LogP contribution < -0.4 is 0 Å². The van der Waals surface area contributed by atoms with Crippen LogP contribution in [0.4, 0.5) is 0 Å². The molecular formula is C13H18O4S2. The van der Waals surface area contributed by atoms with Crippen molar-refractivity contribution < 1.29 is 18.8 Å². The van der Waals surface area contributed by atoms with Gasteiger partial charge in [0, 0.05) is 23.0 Å². The van der Waals surface area contributed by atoms with Crippen molar-refractivity contribution in [1.29, 1.82) is 0 Å². The van der Waals surface area contributed by atoms with Gasteiger partial charge in [0.25, 0.3) is 0 Å². The molecule has 106 valence electrons. The highest BCUT2D eigenvalue weighted by Crippen LogP contribution is 2.34. The van der Waals surface area contributed by atoms with Crippen molar-refractivity contribution in [2.24, 2.45) is 0 Å². The van der Waals surface area contributed by atoms with Crippen molar-refractivity contribution in [1.82, 2.24) is 0 Å². The zero-order valence-corrected chi connectivity index (χ0v) is 12.3. The van der Waals surface area contributed by atoms with Crippen molar-refractivity contribution in [3.8, 4) is 0 Å². The largest absolute Gasteiger partial charge is 0.605 e. The summed E-state index contributed by atoms with van der Waals surface area (Å²) in [6.45, 7) is 0.326. The summed E-state index contributed by atoms with van der Waals surface area (Å²) in [6.07, 6.45) is 9.35. The Kier molecular flexibility index (Phi) is 6.13. The third-order valence-corrected chi connectivity index (χ3v) is 6.42. The van der Waals surface area contributed by atoms with Gasteiger partial charge in [0.05, 0.1) is 22.3 Å². The van der Waals surface area contributed by atoms with Gasteiger partial charge in [-0.05, 0) is 25.0 Å². The molecule has 2 atom stereocenters. The summed E-state index contributed by atoms with van der Waals surface area (Å²) in [4.78, 5) is 11.6. The molecule has 1 unspecified atom stereocenters. The Bertz CT molecular complexity index is 368. The van der Waals surface area contributed by atoms with Crippen LogP contribution in [0.2, 0.25) is 0 Å². The highest BCUT2D eigenvalue weighted by atomic mass is 33.1. The second-order valence-corrected chi connectivity index (χ2v) is 8.07. The molecule has 0 saturated carbocycles. The molecule has 19 heavy (non-hydrogen) atoms. The quantitative estimate of drug-likeness (QED) is 0.327. The van der Waals surface area contributed by atoms with E-state index in [9.17, 15) is 9.35 Å². The van der Waals surface area contributed by atoms with Gasteiger partial charge in [-0.3, -0.25) is 4.79 Å². The number of rotatable bonds is 6. The highest BCUT2D eigenvalue weighted by molar-refractivity contribution is 8.72. The third-order valence-electron chi connectivity index (χ3n) is 2.93. The van der Waals surface area contributed by atoms with Crippen LogP contribution in [-0.4, -0.2) is 28.1 Å². The Hall–Kier alpha value is -0.590. The normalized spacial score (nSPS) is 25.8. The minimum atomic E-state index is -0.675. The van der Waals surface area contributed by atoms with E-state index < -0.39 is 10.2 Å². The first-order chi connectivity index (χ1) is 9.24. The summed E-state index contributed by atoms with van der Waals surface area (Å²) in [6, 6.07) is 0.